The van der Waals surface area contributed by atoms with Crippen LogP contribution < -0.4 is 5.73 Å². The predicted molar refractivity (Wildman–Crippen MR) is 73.0 cm³/mol. The maximum absolute atomic E-state index is 6.02. The Hall–Kier alpha value is -0.520. The van der Waals surface area contributed by atoms with Crippen LogP contribution in [0.2, 0.25) is 0 Å². The summed E-state index contributed by atoms with van der Waals surface area (Å²) in [6.07, 6.45) is 5.02. The minimum atomic E-state index is 0.149. The summed E-state index contributed by atoms with van der Waals surface area (Å²) in [4.78, 5) is 6.77. The number of nitrogens with two attached hydrogens (primary N) is 1. The van der Waals surface area contributed by atoms with Crippen molar-refractivity contribution >= 4 is 11.8 Å². The molecule has 17 heavy (non-hydrogen) atoms. The van der Waals surface area contributed by atoms with Gasteiger partial charge in [-0.25, -0.2) is 4.98 Å². The highest BCUT2D eigenvalue weighted by molar-refractivity contribution is 8.00. The molecular formula is C12H22N4S. The van der Waals surface area contributed by atoms with Crippen molar-refractivity contribution < 1.29 is 0 Å². The molecule has 2 rings (SSSR count). The molecule has 0 spiro atoms. The van der Waals surface area contributed by atoms with Gasteiger partial charge >= 0.3 is 0 Å². The topological polar surface area (TPSA) is 47.1 Å². The highest BCUT2D eigenvalue weighted by atomic mass is 32.2. The van der Waals surface area contributed by atoms with E-state index in [4.69, 9.17) is 5.73 Å². The van der Waals surface area contributed by atoms with Crippen LogP contribution in [0.15, 0.2) is 12.4 Å². The van der Waals surface area contributed by atoms with E-state index in [1.54, 1.807) is 0 Å². The molecule has 0 radical (unpaired) electrons. The highest BCUT2D eigenvalue weighted by Gasteiger charge is 2.40. The van der Waals surface area contributed by atoms with Crippen molar-refractivity contribution in [3.8, 4) is 0 Å². The molecule has 1 aliphatic rings. The SMILES string of the molecule is CC1CC(CN)(N(C)Cc2nccn2C)CS1. The summed E-state index contributed by atoms with van der Waals surface area (Å²) >= 11 is 2.03. The fraction of sp³-hybridized carbons (Fsp3) is 0.750. The third kappa shape index (κ3) is 2.51. The smallest absolute Gasteiger partial charge is 0.122 e. The van der Waals surface area contributed by atoms with Crippen molar-refractivity contribution in [3.05, 3.63) is 18.2 Å². The van der Waals surface area contributed by atoms with Crippen molar-refractivity contribution in [2.24, 2.45) is 12.8 Å². The quantitative estimate of drug-likeness (QED) is 0.873. The molecule has 2 unspecified atom stereocenters. The molecule has 1 aliphatic heterocycles. The number of hydrogen-bond acceptors (Lipinski definition) is 4. The monoisotopic (exact) mass is 254 g/mol. The second-order valence-corrected chi connectivity index (χ2v) is 6.49. The lowest BCUT2D eigenvalue weighted by atomic mass is 9.94. The molecule has 5 heteroatoms. The Kier molecular flexibility index (Phi) is 3.80. The number of likely N-dealkylation sites (N-methyl/N-ethyl adjacent to an activating group) is 1. The summed E-state index contributed by atoms with van der Waals surface area (Å²) in [7, 11) is 4.21. The van der Waals surface area contributed by atoms with E-state index in [9.17, 15) is 0 Å². The number of nitrogens with zero attached hydrogens (tertiary/aromatic N) is 3. The zero-order valence-electron chi connectivity index (χ0n) is 10.9. The normalized spacial score (nSPS) is 29.1. The largest absolute Gasteiger partial charge is 0.337 e. The van der Waals surface area contributed by atoms with E-state index >= 15 is 0 Å². The van der Waals surface area contributed by atoms with Crippen LogP contribution in [0.4, 0.5) is 0 Å². The zero-order valence-corrected chi connectivity index (χ0v) is 11.7. The Morgan fingerprint density at radius 3 is 2.94 bits per heavy atom. The first-order chi connectivity index (χ1) is 8.07. The number of rotatable bonds is 4. The molecule has 1 aromatic heterocycles. The van der Waals surface area contributed by atoms with E-state index in [0.717, 1.165) is 24.7 Å². The highest BCUT2D eigenvalue weighted by Crippen LogP contribution is 2.37. The van der Waals surface area contributed by atoms with E-state index in [0.29, 0.717) is 5.25 Å². The lowest BCUT2D eigenvalue weighted by molar-refractivity contribution is 0.134. The number of aryl methyl sites for hydroxylation is 1. The van der Waals surface area contributed by atoms with Gasteiger partial charge in [0.2, 0.25) is 0 Å². The van der Waals surface area contributed by atoms with Crippen molar-refractivity contribution in [3.63, 3.8) is 0 Å². The van der Waals surface area contributed by atoms with Crippen LogP contribution in [-0.2, 0) is 13.6 Å². The Labute approximate surface area is 108 Å². The van der Waals surface area contributed by atoms with Gasteiger partial charge in [-0.2, -0.15) is 11.8 Å². The Morgan fingerprint density at radius 2 is 2.47 bits per heavy atom. The first kappa shape index (κ1) is 12.9. The predicted octanol–water partition coefficient (Wildman–Crippen LogP) is 1.07. The first-order valence-corrected chi connectivity index (χ1v) is 7.11. The lowest BCUT2D eigenvalue weighted by Crippen LogP contribution is -2.52. The van der Waals surface area contributed by atoms with Gasteiger partial charge in [0.1, 0.15) is 5.82 Å². The van der Waals surface area contributed by atoms with Crippen LogP contribution in [0.5, 0.6) is 0 Å². The van der Waals surface area contributed by atoms with E-state index < -0.39 is 0 Å². The summed E-state index contributed by atoms with van der Waals surface area (Å²) in [6, 6.07) is 0. The molecule has 0 saturated carbocycles. The van der Waals surface area contributed by atoms with Gasteiger partial charge in [-0.05, 0) is 13.5 Å². The fourth-order valence-corrected chi connectivity index (χ4v) is 3.92. The molecule has 1 saturated heterocycles. The van der Waals surface area contributed by atoms with Crippen molar-refractivity contribution in [2.45, 2.75) is 30.7 Å². The van der Waals surface area contributed by atoms with Gasteiger partial charge in [0.15, 0.2) is 0 Å². The number of aromatic nitrogens is 2. The summed E-state index contributed by atoms with van der Waals surface area (Å²) in [6.45, 7) is 3.88. The minimum absolute atomic E-state index is 0.149. The van der Waals surface area contributed by atoms with Crippen LogP contribution in [0.3, 0.4) is 0 Å². The van der Waals surface area contributed by atoms with E-state index in [1.807, 2.05) is 31.2 Å². The van der Waals surface area contributed by atoms with Crippen LogP contribution in [0.25, 0.3) is 0 Å². The second-order valence-electron chi connectivity index (χ2n) is 5.06. The van der Waals surface area contributed by atoms with Gasteiger partial charge in [0.25, 0.3) is 0 Å². The minimum Gasteiger partial charge on any atom is -0.337 e. The van der Waals surface area contributed by atoms with Crippen LogP contribution in [0, 0.1) is 0 Å². The number of thioether (sulfide) groups is 1. The first-order valence-electron chi connectivity index (χ1n) is 6.06. The molecule has 4 nitrogen and oxygen atoms in total. The molecule has 2 atom stereocenters. The maximum atomic E-state index is 6.02. The molecule has 0 bridgehead atoms. The average molecular weight is 254 g/mol. The Morgan fingerprint density at radius 1 is 1.71 bits per heavy atom. The summed E-state index contributed by atoms with van der Waals surface area (Å²) in [5.41, 5.74) is 6.17. The van der Waals surface area contributed by atoms with E-state index in [-0.39, 0.29) is 5.54 Å². The maximum Gasteiger partial charge on any atom is 0.122 e. The third-order valence-corrected chi connectivity index (χ3v) is 5.23. The van der Waals surface area contributed by atoms with Gasteiger partial charge in [-0.1, -0.05) is 6.92 Å². The standard InChI is InChI=1S/C12H22N4S/c1-10-6-12(8-13,9-17-10)16(3)7-11-14-4-5-15(11)2/h4-5,10H,6-9,13H2,1-3H3. The lowest BCUT2D eigenvalue weighted by Gasteiger charge is -2.37. The molecule has 2 heterocycles. The molecule has 0 aliphatic carbocycles. The third-order valence-electron chi connectivity index (χ3n) is 3.79. The zero-order chi connectivity index (χ0) is 12.5. The molecule has 0 amide bonds. The van der Waals surface area contributed by atoms with Gasteiger partial charge in [-0.15, -0.1) is 0 Å². The van der Waals surface area contributed by atoms with Gasteiger partial charge in [-0.3, -0.25) is 4.90 Å². The summed E-state index contributed by atoms with van der Waals surface area (Å²) in [5, 5.41) is 0.711. The number of imidazole rings is 1. The molecule has 1 fully saturated rings. The average Bonchev–Trinajstić information content (AvgIpc) is 2.87. The molecule has 2 N–H and O–H groups in total. The summed E-state index contributed by atoms with van der Waals surface area (Å²) < 4.78 is 2.08. The van der Waals surface area contributed by atoms with E-state index in [1.165, 1.54) is 6.42 Å². The summed E-state index contributed by atoms with van der Waals surface area (Å²) in [5.74, 6) is 2.23. The van der Waals surface area contributed by atoms with Crippen molar-refractivity contribution in [1.29, 1.82) is 0 Å². The van der Waals surface area contributed by atoms with Crippen LogP contribution in [-0.4, -0.2) is 44.6 Å². The molecule has 1 aromatic rings. The molecule has 0 aromatic carbocycles. The van der Waals surface area contributed by atoms with Crippen molar-refractivity contribution in [2.75, 3.05) is 19.3 Å². The molecular weight excluding hydrogens is 232 g/mol. The van der Waals surface area contributed by atoms with Gasteiger partial charge in [0.05, 0.1) is 6.54 Å². The van der Waals surface area contributed by atoms with Gasteiger partial charge in [0, 0.05) is 42.5 Å². The fourth-order valence-electron chi connectivity index (χ4n) is 2.44. The second kappa shape index (κ2) is 5.00. The van der Waals surface area contributed by atoms with E-state index in [2.05, 4.69) is 28.4 Å². The Bertz CT molecular complexity index is 378. The molecule has 96 valence electrons. The van der Waals surface area contributed by atoms with Crippen LogP contribution in [0.1, 0.15) is 19.2 Å². The Balaban J connectivity index is 2.08. The number of hydrogen-bond donors (Lipinski definition) is 1. The van der Waals surface area contributed by atoms with Crippen LogP contribution >= 0.6 is 11.8 Å². The van der Waals surface area contributed by atoms with Crippen molar-refractivity contribution in [1.82, 2.24) is 14.5 Å². The van der Waals surface area contributed by atoms with Gasteiger partial charge < -0.3 is 10.3 Å².